The number of amides is 4. The van der Waals surface area contributed by atoms with Crippen molar-refractivity contribution in [1.29, 1.82) is 0 Å². The van der Waals surface area contributed by atoms with E-state index in [9.17, 15) is 14.4 Å². The molecule has 0 radical (unpaired) electrons. The van der Waals surface area contributed by atoms with E-state index in [1.54, 1.807) is 28.0 Å². The van der Waals surface area contributed by atoms with Crippen molar-refractivity contribution < 1.29 is 23.9 Å². The second-order valence-electron chi connectivity index (χ2n) is 9.29. The number of ether oxygens (including phenoxy) is 2. The summed E-state index contributed by atoms with van der Waals surface area (Å²) in [4.78, 5) is 43.1. The highest BCUT2D eigenvalue weighted by Gasteiger charge is 2.54. The van der Waals surface area contributed by atoms with Crippen LogP contribution in [0.15, 0.2) is 24.3 Å². The quantitative estimate of drug-likeness (QED) is 0.534. The summed E-state index contributed by atoms with van der Waals surface area (Å²) >= 11 is 0. The molecule has 0 bridgehead atoms. The van der Waals surface area contributed by atoms with Crippen molar-refractivity contribution >= 4 is 23.5 Å². The first-order valence-electron chi connectivity index (χ1n) is 12.1. The molecule has 3 aliphatic rings. The third-order valence-electron chi connectivity index (χ3n) is 6.65. The Balaban J connectivity index is 1.47. The number of nitrogens with one attached hydrogen (secondary N) is 2. The van der Waals surface area contributed by atoms with Crippen molar-refractivity contribution in [3.8, 4) is 5.75 Å². The molecule has 2 N–H and O–H groups in total. The number of carbonyl (C=O) groups excluding carboxylic acids is 3. The summed E-state index contributed by atoms with van der Waals surface area (Å²) in [6.45, 7) is 4.80. The number of methoxy groups -OCH3 is 1. The summed E-state index contributed by atoms with van der Waals surface area (Å²) in [5, 5.41) is 4.12. The summed E-state index contributed by atoms with van der Waals surface area (Å²) in [6, 6.07) is 6.70. The molecule has 34 heavy (non-hydrogen) atoms. The third-order valence-corrected chi connectivity index (χ3v) is 6.65. The van der Waals surface area contributed by atoms with Crippen LogP contribution in [0.4, 0.5) is 10.5 Å². The molecule has 186 valence electrons. The molecule has 1 aromatic rings. The second kappa shape index (κ2) is 10.6. The fraction of sp³-hybridized carbons (Fsp3) is 0.625. The molecular formula is C24H35N5O5. The third kappa shape index (κ3) is 4.97. The zero-order valence-corrected chi connectivity index (χ0v) is 20.2. The van der Waals surface area contributed by atoms with Crippen LogP contribution in [0.25, 0.3) is 0 Å². The van der Waals surface area contributed by atoms with E-state index >= 15 is 0 Å². The Labute approximate surface area is 200 Å². The van der Waals surface area contributed by atoms with Crippen molar-refractivity contribution in [2.75, 3.05) is 32.1 Å². The molecule has 3 unspecified atom stereocenters. The minimum atomic E-state index is -0.586. The normalized spacial score (nSPS) is 24.4. The van der Waals surface area contributed by atoms with Crippen molar-refractivity contribution in [1.82, 2.24) is 20.2 Å². The van der Waals surface area contributed by atoms with Crippen LogP contribution in [0, 0.1) is 5.92 Å². The van der Waals surface area contributed by atoms with Crippen LogP contribution in [0.3, 0.4) is 0 Å². The number of fused-ring (bicyclic) bond motifs is 3. The van der Waals surface area contributed by atoms with E-state index in [2.05, 4.69) is 10.7 Å². The Hall–Kier alpha value is -2.85. The molecule has 0 spiro atoms. The smallest absolute Gasteiger partial charge is 0.337 e. The van der Waals surface area contributed by atoms with Crippen LogP contribution in [-0.2, 0) is 14.3 Å². The molecule has 2 heterocycles. The van der Waals surface area contributed by atoms with Crippen molar-refractivity contribution in [3.05, 3.63) is 24.3 Å². The van der Waals surface area contributed by atoms with Gasteiger partial charge < -0.3 is 19.7 Å². The average Bonchev–Trinajstić information content (AvgIpc) is 3.14. The fourth-order valence-corrected chi connectivity index (χ4v) is 5.09. The van der Waals surface area contributed by atoms with Crippen molar-refractivity contribution in [3.63, 3.8) is 0 Å². The van der Waals surface area contributed by atoms with Gasteiger partial charge >= 0.3 is 6.03 Å². The number of carbonyl (C=O) groups is 3. The Morgan fingerprint density at radius 2 is 1.97 bits per heavy atom. The van der Waals surface area contributed by atoms with E-state index in [1.165, 1.54) is 12.1 Å². The van der Waals surface area contributed by atoms with Crippen molar-refractivity contribution in [2.45, 2.75) is 64.4 Å². The Kier molecular flexibility index (Phi) is 7.57. The lowest BCUT2D eigenvalue weighted by Crippen LogP contribution is -2.66. The Bertz CT molecular complexity index is 909. The molecule has 4 amide bonds. The average molecular weight is 474 g/mol. The first-order valence-corrected chi connectivity index (χ1v) is 12.1. The lowest BCUT2D eigenvalue weighted by molar-refractivity contribution is -0.156. The van der Waals surface area contributed by atoms with Gasteiger partial charge in [-0.3, -0.25) is 14.5 Å². The predicted octanol–water partition coefficient (Wildman–Crippen LogP) is 2.38. The molecular weight excluding hydrogens is 438 g/mol. The van der Waals surface area contributed by atoms with E-state index < -0.39 is 6.29 Å². The molecule has 1 aliphatic carbocycles. The summed E-state index contributed by atoms with van der Waals surface area (Å²) < 4.78 is 10.9. The van der Waals surface area contributed by atoms with Gasteiger partial charge in [-0.2, -0.15) is 5.43 Å². The van der Waals surface area contributed by atoms with Gasteiger partial charge in [-0.15, -0.1) is 0 Å². The SMILES string of the molecule is COc1ccccc1NC(=O)CN1NC2N(CCCOC(C)C)C(=O)C3CCCCC3N2C1=O. The molecule has 3 fully saturated rings. The Morgan fingerprint density at radius 3 is 2.74 bits per heavy atom. The van der Waals surface area contributed by atoms with Crippen LogP contribution in [0.2, 0.25) is 0 Å². The van der Waals surface area contributed by atoms with Crippen LogP contribution < -0.4 is 15.5 Å². The second-order valence-corrected chi connectivity index (χ2v) is 9.29. The number of rotatable bonds is 9. The van der Waals surface area contributed by atoms with E-state index in [0.717, 1.165) is 25.7 Å². The number of hydrazine groups is 1. The van der Waals surface area contributed by atoms with Gasteiger partial charge in [0.15, 0.2) is 6.29 Å². The number of nitrogens with zero attached hydrogens (tertiary/aromatic N) is 3. The highest BCUT2D eigenvalue weighted by Crippen LogP contribution is 2.38. The minimum Gasteiger partial charge on any atom is -0.495 e. The van der Waals surface area contributed by atoms with E-state index in [0.29, 0.717) is 31.0 Å². The first-order chi connectivity index (χ1) is 16.4. The zero-order valence-electron chi connectivity index (χ0n) is 20.2. The van der Waals surface area contributed by atoms with Gasteiger partial charge in [0.25, 0.3) is 0 Å². The first kappa shape index (κ1) is 24.3. The lowest BCUT2D eigenvalue weighted by Gasteiger charge is -2.48. The molecule has 4 rings (SSSR count). The zero-order chi connectivity index (χ0) is 24.2. The predicted molar refractivity (Wildman–Crippen MR) is 126 cm³/mol. The van der Waals surface area contributed by atoms with Gasteiger partial charge in [0.1, 0.15) is 12.3 Å². The van der Waals surface area contributed by atoms with Crippen molar-refractivity contribution in [2.24, 2.45) is 5.92 Å². The monoisotopic (exact) mass is 473 g/mol. The summed E-state index contributed by atoms with van der Waals surface area (Å²) in [5.74, 6) is 0.0771. The lowest BCUT2D eigenvalue weighted by atomic mass is 9.81. The van der Waals surface area contributed by atoms with E-state index in [4.69, 9.17) is 9.47 Å². The fourth-order valence-electron chi connectivity index (χ4n) is 5.09. The summed E-state index contributed by atoms with van der Waals surface area (Å²) in [5.41, 5.74) is 3.67. The molecule has 1 aromatic carbocycles. The number of para-hydroxylation sites is 2. The van der Waals surface area contributed by atoms with Gasteiger partial charge in [0.2, 0.25) is 11.8 Å². The number of urea groups is 1. The largest absolute Gasteiger partial charge is 0.495 e. The van der Waals surface area contributed by atoms with Gasteiger partial charge in [-0.1, -0.05) is 25.0 Å². The summed E-state index contributed by atoms with van der Waals surface area (Å²) in [6.07, 6.45) is 3.77. The number of hydrogen-bond donors (Lipinski definition) is 2. The highest BCUT2D eigenvalue weighted by molar-refractivity contribution is 5.96. The maximum atomic E-state index is 13.4. The van der Waals surface area contributed by atoms with Crippen LogP contribution >= 0.6 is 0 Å². The molecule has 10 heteroatoms. The summed E-state index contributed by atoms with van der Waals surface area (Å²) in [7, 11) is 1.53. The van der Waals surface area contributed by atoms with Gasteiger partial charge in [0, 0.05) is 19.2 Å². The van der Waals surface area contributed by atoms with E-state index in [1.807, 2.05) is 19.9 Å². The maximum absolute atomic E-state index is 13.4. The van der Waals surface area contributed by atoms with Gasteiger partial charge in [0.05, 0.1) is 24.8 Å². The molecule has 2 aliphatic heterocycles. The maximum Gasteiger partial charge on any atom is 0.337 e. The molecule has 1 saturated carbocycles. The number of benzene rings is 1. The van der Waals surface area contributed by atoms with E-state index in [-0.39, 0.29) is 42.5 Å². The number of hydrogen-bond acceptors (Lipinski definition) is 6. The standard InChI is InChI=1S/C24H35N5O5/c1-16(2)34-14-8-13-27-22(31)17-9-4-6-11-19(17)29-23(27)26-28(24(29)32)15-21(30)25-18-10-5-7-12-20(18)33-3/h5,7,10,12,16-17,19,23,26H,4,6,8-9,11,13-15H2,1-3H3,(H,25,30). The molecule has 0 aromatic heterocycles. The highest BCUT2D eigenvalue weighted by atomic mass is 16.5. The van der Waals surface area contributed by atoms with Gasteiger partial charge in [-0.05, 0) is 45.2 Å². The molecule has 3 atom stereocenters. The van der Waals surface area contributed by atoms with Crippen LogP contribution in [0.5, 0.6) is 5.75 Å². The Morgan fingerprint density at radius 1 is 1.21 bits per heavy atom. The van der Waals surface area contributed by atoms with Crippen LogP contribution in [0.1, 0.15) is 46.0 Å². The molecule has 10 nitrogen and oxygen atoms in total. The molecule has 2 saturated heterocycles. The minimum absolute atomic E-state index is 0.0797. The number of anilines is 1. The topological polar surface area (TPSA) is 103 Å². The van der Waals surface area contributed by atoms with Crippen LogP contribution in [-0.4, -0.2) is 77.9 Å². The van der Waals surface area contributed by atoms with Gasteiger partial charge in [-0.25, -0.2) is 9.80 Å².